The van der Waals surface area contributed by atoms with Gasteiger partial charge >= 0.3 is 0 Å². The molecule has 1 aliphatic heterocycles. The maximum absolute atomic E-state index is 12.0. The summed E-state index contributed by atoms with van der Waals surface area (Å²) in [5.74, 6) is 1.63. The Morgan fingerprint density at radius 1 is 1.40 bits per heavy atom. The topological polar surface area (TPSA) is 41.6 Å². The second kappa shape index (κ2) is 7.29. The van der Waals surface area contributed by atoms with Gasteiger partial charge < -0.3 is 10.1 Å². The molecule has 1 aliphatic rings. The zero-order valence-corrected chi connectivity index (χ0v) is 12.4. The lowest BCUT2D eigenvalue weighted by atomic mass is 9.99. The monoisotopic (exact) mass is 276 g/mol. The van der Waals surface area contributed by atoms with Crippen LogP contribution < -0.4 is 10.1 Å². The van der Waals surface area contributed by atoms with E-state index in [1.54, 1.807) is 0 Å². The molecule has 2 rings (SSSR count). The van der Waals surface area contributed by atoms with Crippen LogP contribution in [-0.2, 0) is 4.79 Å². The zero-order chi connectivity index (χ0) is 14.4. The molecular weight excluding hydrogens is 252 g/mol. The lowest BCUT2D eigenvalue weighted by molar-refractivity contribution is -0.117. The largest absolute Gasteiger partial charge is 0.494 e. The van der Waals surface area contributed by atoms with Crippen LogP contribution >= 0.6 is 0 Å². The van der Waals surface area contributed by atoms with E-state index in [0.29, 0.717) is 13.2 Å². The third-order valence-electron chi connectivity index (χ3n) is 3.67. The Kier molecular flexibility index (Phi) is 5.41. The van der Waals surface area contributed by atoms with Gasteiger partial charge in [0.2, 0.25) is 5.91 Å². The average Bonchev–Trinajstić information content (AvgIpc) is 2.42. The predicted molar refractivity (Wildman–Crippen MR) is 81.1 cm³/mol. The van der Waals surface area contributed by atoms with E-state index >= 15 is 0 Å². The van der Waals surface area contributed by atoms with Crippen LogP contribution in [0.2, 0.25) is 0 Å². The molecule has 1 aromatic carbocycles. The number of benzene rings is 1. The molecular formula is C16H24N2O2. The number of carbonyl (C=O) groups is 1. The van der Waals surface area contributed by atoms with Gasteiger partial charge in [0.05, 0.1) is 13.2 Å². The van der Waals surface area contributed by atoms with Gasteiger partial charge in [-0.3, -0.25) is 9.69 Å². The lowest BCUT2D eigenvalue weighted by Gasteiger charge is -2.29. The first-order chi connectivity index (χ1) is 9.67. The molecule has 4 nitrogen and oxygen atoms in total. The van der Waals surface area contributed by atoms with E-state index in [9.17, 15) is 4.79 Å². The lowest BCUT2D eigenvalue weighted by Crippen LogP contribution is -2.38. The average molecular weight is 276 g/mol. The first-order valence-corrected chi connectivity index (χ1v) is 7.42. The number of likely N-dealkylation sites (tertiary alicyclic amines) is 1. The summed E-state index contributed by atoms with van der Waals surface area (Å²) in [6, 6.07) is 7.53. The van der Waals surface area contributed by atoms with Crippen LogP contribution in [0.15, 0.2) is 24.3 Å². The number of amides is 1. The summed E-state index contributed by atoms with van der Waals surface area (Å²) in [6.07, 6.45) is 2.38. The molecule has 110 valence electrons. The number of nitrogens with zero attached hydrogens (tertiary/aromatic N) is 1. The van der Waals surface area contributed by atoms with Gasteiger partial charge in [0.1, 0.15) is 5.75 Å². The number of hydrogen-bond acceptors (Lipinski definition) is 3. The van der Waals surface area contributed by atoms with Gasteiger partial charge in [-0.05, 0) is 50.9 Å². The number of hydrogen-bond donors (Lipinski definition) is 1. The summed E-state index contributed by atoms with van der Waals surface area (Å²) in [6.45, 7) is 7.37. The number of anilines is 1. The summed E-state index contributed by atoms with van der Waals surface area (Å²) >= 11 is 0. The molecule has 1 N–H and O–H groups in total. The quantitative estimate of drug-likeness (QED) is 0.899. The highest BCUT2D eigenvalue weighted by Crippen LogP contribution is 2.18. The smallest absolute Gasteiger partial charge is 0.238 e. The molecule has 1 heterocycles. The van der Waals surface area contributed by atoms with Gasteiger partial charge in [0, 0.05) is 11.8 Å². The molecule has 0 saturated carbocycles. The first-order valence-electron chi connectivity index (χ1n) is 7.42. The first kappa shape index (κ1) is 14.9. The second-order valence-electron chi connectivity index (χ2n) is 5.47. The molecule has 4 heteroatoms. The second-order valence-corrected chi connectivity index (χ2v) is 5.47. The molecule has 1 amide bonds. The van der Waals surface area contributed by atoms with Gasteiger partial charge in [-0.2, -0.15) is 0 Å². The Balaban J connectivity index is 1.83. The molecule has 1 saturated heterocycles. The summed E-state index contributed by atoms with van der Waals surface area (Å²) in [5, 5.41) is 2.94. The SMILES string of the molecule is CCOc1cccc(NC(=O)CN2CCC(C)CC2)c1. The number of rotatable bonds is 5. The molecule has 0 aromatic heterocycles. The number of piperidine rings is 1. The molecule has 1 fully saturated rings. The van der Waals surface area contributed by atoms with Crippen molar-refractivity contribution in [1.29, 1.82) is 0 Å². The minimum atomic E-state index is 0.0493. The normalized spacial score (nSPS) is 16.9. The van der Waals surface area contributed by atoms with E-state index in [2.05, 4.69) is 17.1 Å². The van der Waals surface area contributed by atoms with Gasteiger partial charge in [-0.1, -0.05) is 13.0 Å². The molecule has 0 radical (unpaired) electrons. The van der Waals surface area contributed by atoms with Crippen molar-refractivity contribution >= 4 is 11.6 Å². The van der Waals surface area contributed by atoms with Gasteiger partial charge in [0.25, 0.3) is 0 Å². The summed E-state index contributed by atoms with van der Waals surface area (Å²) < 4.78 is 5.43. The maximum atomic E-state index is 12.0. The third-order valence-corrected chi connectivity index (χ3v) is 3.67. The number of carbonyl (C=O) groups excluding carboxylic acids is 1. The number of nitrogens with one attached hydrogen (secondary N) is 1. The molecule has 20 heavy (non-hydrogen) atoms. The van der Waals surface area contributed by atoms with Crippen LogP contribution in [0.1, 0.15) is 26.7 Å². The fraction of sp³-hybridized carbons (Fsp3) is 0.562. The van der Waals surface area contributed by atoms with Crippen molar-refractivity contribution in [3.05, 3.63) is 24.3 Å². The summed E-state index contributed by atoms with van der Waals surface area (Å²) in [7, 11) is 0. The highest BCUT2D eigenvalue weighted by Gasteiger charge is 2.17. The van der Waals surface area contributed by atoms with Crippen molar-refractivity contribution in [1.82, 2.24) is 4.90 Å². The van der Waals surface area contributed by atoms with Crippen LogP contribution in [0.3, 0.4) is 0 Å². The summed E-state index contributed by atoms with van der Waals surface area (Å²) in [4.78, 5) is 14.3. The molecule has 0 spiro atoms. The molecule has 1 aromatic rings. The van der Waals surface area contributed by atoms with Crippen molar-refractivity contribution < 1.29 is 9.53 Å². The van der Waals surface area contributed by atoms with E-state index in [0.717, 1.165) is 30.4 Å². The Morgan fingerprint density at radius 2 is 2.15 bits per heavy atom. The van der Waals surface area contributed by atoms with Crippen molar-refractivity contribution in [2.24, 2.45) is 5.92 Å². The Morgan fingerprint density at radius 3 is 2.85 bits per heavy atom. The standard InChI is InChI=1S/C16H24N2O2/c1-3-20-15-6-4-5-14(11-15)17-16(19)12-18-9-7-13(2)8-10-18/h4-6,11,13H,3,7-10,12H2,1-2H3,(H,17,19). The zero-order valence-electron chi connectivity index (χ0n) is 12.4. The minimum Gasteiger partial charge on any atom is -0.494 e. The molecule has 0 aliphatic carbocycles. The third kappa shape index (κ3) is 4.53. The van der Waals surface area contributed by atoms with Gasteiger partial charge in [0.15, 0.2) is 0 Å². The highest BCUT2D eigenvalue weighted by molar-refractivity contribution is 5.92. The van der Waals surface area contributed by atoms with E-state index in [1.165, 1.54) is 12.8 Å². The summed E-state index contributed by atoms with van der Waals surface area (Å²) in [5.41, 5.74) is 0.798. The van der Waals surface area contributed by atoms with E-state index in [4.69, 9.17) is 4.74 Å². The van der Waals surface area contributed by atoms with Crippen LogP contribution in [0.5, 0.6) is 5.75 Å². The van der Waals surface area contributed by atoms with E-state index < -0.39 is 0 Å². The van der Waals surface area contributed by atoms with Crippen LogP contribution in [0.25, 0.3) is 0 Å². The Hall–Kier alpha value is -1.55. The molecule has 0 unspecified atom stereocenters. The van der Waals surface area contributed by atoms with Crippen molar-refractivity contribution in [2.45, 2.75) is 26.7 Å². The maximum Gasteiger partial charge on any atom is 0.238 e. The molecule has 0 atom stereocenters. The molecule has 0 bridgehead atoms. The van der Waals surface area contributed by atoms with Crippen LogP contribution in [0, 0.1) is 5.92 Å². The Bertz CT molecular complexity index is 440. The van der Waals surface area contributed by atoms with Crippen LogP contribution in [0.4, 0.5) is 5.69 Å². The Labute approximate surface area is 121 Å². The highest BCUT2D eigenvalue weighted by atomic mass is 16.5. The van der Waals surface area contributed by atoms with E-state index in [1.807, 2.05) is 31.2 Å². The predicted octanol–water partition coefficient (Wildman–Crippen LogP) is 2.76. The fourth-order valence-corrected chi connectivity index (χ4v) is 2.45. The fourth-order valence-electron chi connectivity index (χ4n) is 2.45. The van der Waals surface area contributed by atoms with Crippen molar-refractivity contribution in [3.63, 3.8) is 0 Å². The van der Waals surface area contributed by atoms with Crippen molar-refractivity contribution in [2.75, 3.05) is 31.6 Å². The van der Waals surface area contributed by atoms with Gasteiger partial charge in [-0.25, -0.2) is 0 Å². The minimum absolute atomic E-state index is 0.0493. The van der Waals surface area contributed by atoms with Crippen molar-refractivity contribution in [3.8, 4) is 5.75 Å². The van der Waals surface area contributed by atoms with Gasteiger partial charge in [-0.15, -0.1) is 0 Å². The van der Waals surface area contributed by atoms with Crippen LogP contribution in [-0.4, -0.2) is 37.0 Å². The van der Waals surface area contributed by atoms with E-state index in [-0.39, 0.29) is 5.91 Å². The number of ether oxygens (including phenoxy) is 1.